The van der Waals surface area contributed by atoms with E-state index in [1.165, 1.54) is 6.08 Å². The minimum atomic E-state index is -1.17. The second-order valence-electron chi connectivity index (χ2n) is 10.2. The summed E-state index contributed by atoms with van der Waals surface area (Å²) in [6.45, 7) is 14.1. The van der Waals surface area contributed by atoms with Gasteiger partial charge in [-0.2, -0.15) is 0 Å². The second-order valence-corrected chi connectivity index (χ2v) is 11.4. The Bertz CT molecular complexity index is 852. The third-order valence-corrected chi connectivity index (χ3v) is 8.96. The lowest BCUT2D eigenvalue weighted by Crippen LogP contribution is -2.60. The van der Waals surface area contributed by atoms with E-state index in [-0.39, 0.29) is 35.8 Å². The third kappa shape index (κ3) is 4.90. The van der Waals surface area contributed by atoms with E-state index in [9.17, 15) is 19.5 Å². The molecule has 0 saturated carbocycles. The van der Waals surface area contributed by atoms with Crippen LogP contribution in [0.4, 0.5) is 0 Å². The Hall–Kier alpha value is -1.71. The van der Waals surface area contributed by atoms with Gasteiger partial charge in [-0.15, -0.1) is 6.58 Å². The van der Waals surface area contributed by atoms with E-state index in [2.05, 4.69) is 36.0 Å². The van der Waals surface area contributed by atoms with Crippen LogP contribution in [-0.4, -0.2) is 87.6 Å². The fourth-order valence-corrected chi connectivity index (χ4v) is 7.14. The molecule has 1 spiro atoms. The summed E-state index contributed by atoms with van der Waals surface area (Å²) >= 11 is 3.66. The summed E-state index contributed by atoms with van der Waals surface area (Å²) in [5, 5.41) is 10.4. The maximum Gasteiger partial charge on any atom is 0.312 e. The molecule has 0 radical (unpaired) electrons. The summed E-state index contributed by atoms with van der Waals surface area (Å²) in [6, 6.07) is -1.51. The summed E-state index contributed by atoms with van der Waals surface area (Å²) in [7, 11) is 0. The molecule has 0 aromatic heterocycles. The van der Waals surface area contributed by atoms with E-state index in [0.717, 1.165) is 25.7 Å². The molecule has 36 heavy (non-hydrogen) atoms. The number of carbonyl (C=O) groups is 3. The molecule has 0 aliphatic carbocycles. The Morgan fingerprint density at radius 1 is 1.33 bits per heavy atom. The van der Waals surface area contributed by atoms with Gasteiger partial charge in [0.15, 0.2) is 0 Å². The number of nitrogens with zero attached hydrogens (tertiary/aromatic N) is 2. The number of esters is 1. The summed E-state index contributed by atoms with van der Waals surface area (Å²) in [5.74, 6) is -2.79. The molecule has 3 aliphatic heterocycles. The highest BCUT2D eigenvalue weighted by atomic mass is 79.9. The maximum atomic E-state index is 14.3. The smallest absolute Gasteiger partial charge is 0.312 e. The first-order valence-corrected chi connectivity index (χ1v) is 14.1. The molecule has 3 saturated heterocycles. The Balaban J connectivity index is 2.09. The summed E-state index contributed by atoms with van der Waals surface area (Å²) < 4.78 is 11.9. The first kappa shape index (κ1) is 28.9. The average Bonchev–Trinajstić information content (AvgIpc) is 3.45. The second kappa shape index (κ2) is 12.2. The van der Waals surface area contributed by atoms with Crippen molar-refractivity contribution in [2.24, 2.45) is 17.8 Å². The Labute approximate surface area is 223 Å². The number of hydrogen-bond acceptors (Lipinski definition) is 6. The van der Waals surface area contributed by atoms with E-state index in [4.69, 9.17) is 9.47 Å². The van der Waals surface area contributed by atoms with Gasteiger partial charge < -0.3 is 24.4 Å². The number of unbranched alkanes of at least 4 members (excludes halogenated alkanes) is 2. The van der Waals surface area contributed by atoms with Crippen LogP contribution in [0, 0.1) is 17.8 Å². The van der Waals surface area contributed by atoms with Gasteiger partial charge in [-0.1, -0.05) is 74.7 Å². The van der Waals surface area contributed by atoms with Gasteiger partial charge in [0.25, 0.3) is 0 Å². The number of likely N-dealkylation sites (tertiary alicyclic amines) is 1. The predicted octanol–water partition coefficient (Wildman–Crippen LogP) is 3.08. The zero-order valence-electron chi connectivity index (χ0n) is 21.7. The monoisotopic (exact) mass is 568 g/mol. The van der Waals surface area contributed by atoms with Crippen molar-refractivity contribution >= 4 is 33.7 Å². The maximum absolute atomic E-state index is 14.3. The summed E-state index contributed by atoms with van der Waals surface area (Å²) in [4.78, 5) is 44.6. The topological polar surface area (TPSA) is 96.4 Å². The van der Waals surface area contributed by atoms with Gasteiger partial charge in [-0.25, -0.2) is 0 Å². The zero-order valence-corrected chi connectivity index (χ0v) is 23.3. The van der Waals surface area contributed by atoms with Crippen molar-refractivity contribution < 1.29 is 29.0 Å². The molecule has 8 nitrogen and oxygen atoms in total. The van der Waals surface area contributed by atoms with Crippen LogP contribution in [0.15, 0.2) is 25.3 Å². The van der Waals surface area contributed by atoms with Crippen LogP contribution in [0.2, 0.25) is 0 Å². The van der Waals surface area contributed by atoms with Crippen molar-refractivity contribution in [1.29, 1.82) is 0 Å². The van der Waals surface area contributed by atoms with Gasteiger partial charge in [-0.05, 0) is 18.8 Å². The minimum absolute atomic E-state index is 0.0334. The molecule has 3 unspecified atom stereocenters. The number of aliphatic hydroxyl groups excluding tert-OH is 1. The van der Waals surface area contributed by atoms with Crippen LogP contribution < -0.4 is 0 Å². The highest BCUT2D eigenvalue weighted by Crippen LogP contribution is 2.61. The van der Waals surface area contributed by atoms with E-state index < -0.39 is 41.6 Å². The number of amides is 2. The zero-order chi connectivity index (χ0) is 26.6. The number of carbonyl (C=O) groups excluding carboxylic acids is 3. The van der Waals surface area contributed by atoms with E-state index in [0.29, 0.717) is 19.5 Å². The Morgan fingerprint density at radius 3 is 2.64 bits per heavy atom. The lowest BCUT2D eigenvalue weighted by Gasteiger charge is -2.41. The van der Waals surface area contributed by atoms with Gasteiger partial charge in [-0.3, -0.25) is 14.4 Å². The first-order chi connectivity index (χ1) is 17.2. The minimum Gasteiger partial charge on any atom is -0.461 e. The van der Waals surface area contributed by atoms with Crippen molar-refractivity contribution in [2.75, 3.05) is 26.3 Å². The molecule has 9 heteroatoms. The van der Waals surface area contributed by atoms with E-state index in [1.807, 2.05) is 13.8 Å². The SMILES string of the molecule is C=CCOC(=O)[C@H]1[C@@H]2OC3(CC2Br)C(C(=O)N(CC=C)CCCCC)N([C@@H](CO)[C@@H](C)CC)C(=O)[C@H]13. The van der Waals surface area contributed by atoms with Gasteiger partial charge >= 0.3 is 5.97 Å². The molecule has 3 heterocycles. The first-order valence-electron chi connectivity index (χ1n) is 13.2. The average molecular weight is 570 g/mol. The Morgan fingerprint density at radius 2 is 2.06 bits per heavy atom. The van der Waals surface area contributed by atoms with E-state index >= 15 is 0 Å². The molecule has 3 fully saturated rings. The largest absolute Gasteiger partial charge is 0.461 e. The normalized spacial score (nSPS) is 32.2. The third-order valence-electron chi connectivity index (χ3n) is 8.11. The molecular formula is C27H41BrN2O6. The van der Waals surface area contributed by atoms with Crippen LogP contribution in [0.1, 0.15) is 52.9 Å². The molecule has 202 valence electrons. The lowest BCUT2D eigenvalue weighted by molar-refractivity contribution is -0.156. The highest BCUT2D eigenvalue weighted by molar-refractivity contribution is 9.09. The number of fused-ring (bicyclic) bond motifs is 1. The van der Waals surface area contributed by atoms with Gasteiger partial charge in [0.05, 0.1) is 30.6 Å². The predicted molar refractivity (Wildman–Crippen MR) is 140 cm³/mol. The number of alkyl halides is 1. The molecule has 0 aromatic rings. The Kier molecular flexibility index (Phi) is 9.80. The van der Waals surface area contributed by atoms with Crippen LogP contribution >= 0.6 is 15.9 Å². The van der Waals surface area contributed by atoms with Crippen molar-refractivity contribution in [3.63, 3.8) is 0 Å². The number of halogens is 1. The molecule has 3 aliphatic rings. The number of aliphatic hydroxyl groups is 1. The van der Waals surface area contributed by atoms with Gasteiger partial charge in [0.1, 0.15) is 18.2 Å². The highest BCUT2D eigenvalue weighted by Gasteiger charge is 2.77. The van der Waals surface area contributed by atoms with Crippen molar-refractivity contribution in [2.45, 2.75) is 81.5 Å². The van der Waals surface area contributed by atoms with E-state index in [1.54, 1.807) is 15.9 Å². The fourth-order valence-electron chi connectivity index (χ4n) is 6.20. The number of rotatable bonds is 14. The quantitative estimate of drug-likeness (QED) is 0.150. The van der Waals surface area contributed by atoms with Crippen LogP contribution in [0.3, 0.4) is 0 Å². The van der Waals surface area contributed by atoms with Crippen LogP contribution in [-0.2, 0) is 23.9 Å². The van der Waals surface area contributed by atoms with Gasteiger partial charge in [0, 0.05) is 17.9 Å². The van der Waals surface area contributed by atoms with Crippen molar-refractivity contribution in [1.82, 2.24) is 9.80 Å². The standard InChI is InChI=1S/C27H41BrN2O6/c1-6-10-11-13-29(12-7-2)25(33)23-27-15-18(28)22(36-27)20(26(34)35-14-8-3)21(27)24(32)30(23)19(16-31)17(5)9-4/h7-8,17-23,31H,2-3,6,9-16H2,1,4-5H3/t17-,18?,19-,20+,21-,22+,23?,27?/m0/s1. The molecule has 1 N–H and O–H groups in total. The molecular weight excluding hydrogens is 528 g/mol. The van der Waals surface area contributed by atoms with Crippen molar-refractivity contribution in [3.05, 3.63) is 25.3 Å². The molecule has 0 aromatic carbocycles. The molecule has 8 atom stereocenters. The fraction of sp³-hybridized carbons (Fsp3) is 0.741. The summed E-state index contributed by atoms with van der Waals surface area (Å²) in [5.41, 5.74) is -1.17. The lowest BCUT2D eigenvalue weighted by atomic mass is 9.70. The number of hydrogen-bond donors (Lipinski definition) is 1. The van der Waals surface area contributed by atoms with Crippen molar-refractivity contribution in [3.8, 4) is 0 Å². The molecule has 2 bridgehead atoms. The number of ether oxygens (including phenoxy) is 2. The summed E-state index contributed by atoms with van der Waals surface area (Å²) in [6.07, 6.45) is 6.57. The van der Waals surface area contributed by atoms with Crippen LogP contribution in [0.25, 0.3) is 0 Å². The molecule has 2 amide bonds. The van der Waals surface area contributed by atoms with Crippen LogP contribution in [0.5, 0.6) is 0 Å². The van der Waals surface area contributed by atoms with Gasteiger partial charge in [0.2, 0.25) is 11.8 Å². The molecule has 3 rings (SSSR count).